The molecule has 0 atom stereocenters. The lowest BCUT2D eigenvalue weighted by atomic mass is 9.75. The van der Waals surface area contributed by atoms with Crippen LogP contribution in [0.1, 0.15) is 17.5 Å². The molecular formula is C12H16BNO3. The number of nitrogens with zero attached hydrogens (tertiary/aromatic N) is 1. The molecule has 2 rings (SSSR count). The summed E-state index contributed by atoms with van der Waals surface area (Å²) in [5, 5.41) is 9.72. The summed E-state index contributed by atoms with van der Waals surface area (Å²) in [7, 11) is 2.65. The van der Waals surface area contributed by atoms with Gasteiger partial charge in [0.1, 0.15) is 0 Å². The molecule has 0 saturated heterocycles. The molecule has 1 aliphatic heterocycles. The Bertz CT molecular complexity index is 434. The van der Waals surface area contributed by atoms with Crippen molar-refractivity contribution in [2.75, 3.05) is 14.1 Å². The molecule has 1 aliphatic rings. The lowest BCUT2D eigenvalue weighted by Crippen LogP contribution is -2.32. The number of carbonyl (C=O) groups excluding carboxylic acids is 1. The molecule has 1 aromatic rings. The highest BCUT2D eigenvalue weighted by molar-refractivity contribution is 6.62. The molecule has 0 bridgehead atoms. The van der Waals surface area contributed by atoms with E-state index >= 15 is 0 Å². The van der Waals surface area contributed by atoms with Crippen LogP contribution in [0.25, 0.3) is 0 Å². The first-order valence-electron chi connectivity index (χ1n) is 5.70. The largest absolute Gasteiger partial charge is 0.492 e. The van der Waals surface area contributed by atoms with E-state index in [0.717, 1.165) is 16.6 Å². The van der Waals surface area contributed by atoms with Gasteiger partial charge < -0.3 is 14.6 Å². The van der Waals surface area contributed by atoms with E-state index < -0.39 is 7.12 Å². The molecule has 4 nitrogen and oxygen atoms in total. The Kier molecular flexibility index (Phi) is 3.50. The first-order valence-corrected chi connectivity index (χ1v) is 5.70. The van der Waals surface area contributed by atoms with Gasteiger partial charge in [-0.1, -0.05) is 18.2 Å². The fourth-order valence-corrected chi connectivity index (χ4v) is 2.04. The quantitative estimate of drug-likeness (QED) is 0.743. The predicted molar refractivity (Wildman–Crippen MR) is 65.9 cm³/mol. The third-order valence-corrected chi connectivity index (χ3v) is 3.04. The van der Waals surface area contributed by atoms with Crippen LogP contribution in [0.15, 0.2) is 18.2 Å². The van der Waals surface area contributed by atoms with Crippen molar-refractivity contribution in [2.24, 2.45) is 0 Å². The van der Waals surface area contributed by atoms with Crippen LogP contribution in [0.3, 0.4) is 0 Å². The molecule has 0 aromatic heterocycles. The molecule has 0 aliphatic carbocycles. The van der Waals surface area contributed by atoms with Gasteiger partial charge in [-0.15, -0.1) is 0 Å². The summed E-state index contributed by atoms with van der Waals surface area (Å²) in [5.41, 5.74) is 2.87. The Hall–Kier alpha value is -1.33. The van der Waals surface area contributed by atoms with E-state index in [2.05, 4.69) is 0 Å². The minimum atomic E-state index is -0.837. The maximum Gasteiger partial charge on any atom is 0.492 e. The van der Waals surface area contributed by atoms with Crippen LogP contribution in [0, 0.1) is 0 Å². The Labute approximate surface area is 101 Å². The standard InChI is InChI=1S/C12H16BNO3/c1-14(2)11(15)7-6-9-4-3-5-10-8-17-13(16)12(9)10/h3-5,16H,6-8H2,1-2H3. The lowest BCUT2D eigenvalue weighted by molar-refractivity contribution is -0.128. The number of hydrogen-bond acceptors (Lipinski definition) is 3. The van der Waals surface area contributed by atoms with Gasteiger partial charge in [0, 0.05) is 20.5 Å². The van der Waals surface area contributed by atoms with Gasteiger partial charge in [-0.05, 0) is 23.0 Å². The fraction of sp³-hybridized carbons (Fsp3) is 0.417. The van der Waals surface area contributed by atoms with Crippen LogP contribution < -0.4 is 5.46 Å². The van der Waals surface area contributed by atoms with Gasteiger partial charge in [-0.25, -0.2) is 0 Å². The highest BCUT2D eigenvalue weighted by Crippen LogP contribution is 2.14. The van der Waals surface area contributed by atoms with Crippen LogP contribution in [0.2, 0.25) is 0 Å². The normalized spacial score (nSPS) is 13.7. The predicted octanol–water partition coefficient (Wildman–Crippen LogP) is -0.0749. The van der Waals surface area contributed by atoms with Crippen molar-refractivity contribution in [3.05, 3.63) is 29.3 Å². The second-order valence-corrected chi connectivity index (χ2v) is 4.44. The van der Waals surface area contributed by atoms with Crippen molar-refractivity contribution in [3.63, 3.8) is 0 Å². The number of rotatable bonds is 3. The van der Waals surface area contributed by atoms with E-state index in [1.165, 1.54) is 0 Å². The molecule has 0 fully saturated rings. The summed E-state index contributed by atoms with van der Waals surface area (Å²) in [5.74, 6) is 0.0935. The molecule has 0 saturated carbocycles. The average Bonchev–Trinajstić information content (AvgIpc) is 2.68. The van der Waals surface area contributed by atoms with E-state index in [-0.39, 0.29) is 5.91 Å². The van der Waals surface area contributed by atoms with E-state index in [1.807, 2.05) is 18.2 Å². The van der Waals surface area contributed by atoms with Gasteiger partial charge in [-0.2, -0.15) is 0 Å². The van der Waals surface area contributed by atoms with Crippen molar-refractivity contribution >= 4 is 18.5 Å². The maximum atomic E-state index is 11.5. The molecule has 0 spiro atoms. The summed E-state index contributed by atoms with van der Waals surface area (Å²) in [6.45, 7) is 0.450. The summed E-state index contributed by atoms with van der Waals surface area (Å²) < 4.78 is 5.18. The summed E-state index contributed by atoms with van der Waals surface area (Å²) >= 11 is 0. The molecule has 5 heteroatoms. The average molecular weight is 233 g/mol. The SMILES string of the molecule is CN(C)C(=O)CCc1cccc2c1B(O)OC2. The van der Waals surface area contributed by atoms with Gasteiger partial charge in [0.15, 0.2) is 0 Å². The molecular weight excluding hydrogens is 217 g/mol. The Morgan fingerprint density at radius 1 is 1.53 bits per heavy atom. The molecule has 0 unspecified atom stereocenters. The topological polar surface area (TPSA) is 49.8 Å². The van der Waals surface area contributed by atoms with Crippen LogP contribution in [-0.4, -0.2) is 37.0 Å². The Balaban J connectivity index is 2.12. The van der Waals surface area contributed by atoms with Crippen molar-refractivity contribution in [2.45, 2.75) is 19.4 Å². The van der Waals surface area contributed by atoms with Gasteiger partial charge in [-0.3, -0.25) is 4.79 Å². The number of aryl methyl sites for hydroxylation is 1. The van der Waals surface area contributed by atoms with Crippen molar-refractivity contribution in [1.82, 2.24) is 4.90 Å². The number of fused-ring (bicyclic) bond motifs is 1. The van der Waals surface area contributed by atoms with E-state index in [1.54, 1.807) is 19.0 Å². The summed E-state index contributed by atoms with van der Waals surface area (Å²) in [4.78, 5) is 13.1. The van der Waals surface area contributed by atoms with Crippen LogP contribution in [-0.2, 0) is 22.5 Å². The van der Waals surface area contributed by atoms with Gasteiger partial charge >= 0.3 is 7.12 Å². The van der Waals surface area contributed by atoms with Crippen LogP contribution >= 0.6 is 0 Å². The van der Waals surface area contributed by atoms with Crippen molar-refractivity contribution in [3.8, 4) is 0 Å². The Morgan fingerprint density at radius 2 is 2.29 bits per heavy atom. The Morgan fingerprint density at radius 3 is 3.00 bits per heavy atom. The van der Waals surface area contributed by atoms with E-state index in [9.17, 15) is 9.82 Å². The maximum absolute atomic E-state index is 11.5. The minimum absolute atomic E-state index is 0.0935. The number of carbonyl (C=O) groups is 1. The zero-order valence-electron chi connectivity index (χ0n) is 10.1. The monoisotopic (exact) mass is 233 g/mol. The second-order valence-electron chi connectivity index (χ2n) is 4.44. The summed E-state index contributed by atoms with van der Waals surface area (Å²) in [6, 6.07) is 5.83. The molecule has 17 heavy (non-hydrogen) atoms. The highest BCUT2D eigenvalue weighted by atomic mass is 16.5. The van der Waals surface area contributed by atoms with Crippen molar-refractivity contribution < 1.29 is 14.5 Å². The zero-order chi connectivity index (χ0) is 12.4. The number of amides is 1. The van der Waals surface area contributed by atoms with Crippen LogP contribution in [0.4, 0.5) is 0 Å². The number of benzene rings is 1. The van der Waals surface area contributed by atoms with E-state index in [0.29, 0.717) is 19.4 Å². The van der Waals surface area contributed by atoms with Crippen molar-refractivity contribution in [1.29, 1.82) is 0 Å². The van der Waals surface area contributed by atoms with Gasteiger partial charge in [0.05, 0.1) is 6.61 Å². The number of hydrogen-bond donors (Lipinski definition) is 1. The summed E-state index contributed by atoms with van der Waals surface area (Å²) in [6.07, 6.45) is 1.09. The van der Waals surface area contributed by atoms with Gasteiger partial charge in [0.2, 0.25) is 5.91 Å². The van der Waals surface area contributed by atoms with Gasteiger partial charge in [0.25, 0.3) is 0 Å². The lowest BCUT2D eigenvalue weighted by Gasteiger charge is -2.11. The smallest absolute Gasteiger partial charge is 0.423 e. The van der Waals surface area contributed by atoms with E-state index in [4.69, 9.17) is 4.65 Å². The highest BCUT2D eigenvalue weighted by Gasteiger charge is 2.29. The third kappa shape index (κ3) is 2.51. The first-order chi connectivity index (χ1) is 8.09. The molecule has 1 aromatic carbocycles. The molecule has 1 N–H and O–H groups in total. The van der Waals surface area contributed by atoms with Crippen LogP contribution in [0.5, 0.6) is 0 Å². The first kappa shape index (κ1) is 12.1. The second kappa shape index (κ2) is 4.90. The zero-order valence-corrected chi connectivity index (χ0v) is 10.1. The molecule has 1 heterocycles. The molecule has 0 radical (unpaired) electrons. The minimum Gasteiger partial charge on any atom is -0.423 e. The molecule has 1 amide bonds. The molecule has 90 valence electrons. The fourth-order valence-electron chi connectivity index (χ4n) is 2.04. The third-order valence-electron chi connectivity index (χ3n) is 3.04.